The maximum absolute atomic E-state index is 13.5. The minimum absolute atomic E-state index is 0.0692. The van der Waals surface area contributed by atoms with Crippen LogP contribution in [0.3, 0.4) is 0 Å². The molecule has 0 radical (unpaired) electrons. The molecule has 0 spiro atoms. The summed E-state index contributed by atoms with van der Waals surface area (Å²) in [6.45, 7) is 3.13. The Labute approximate surface area is 205 Å². The van der Waals surface area contributed by atoms with Gasteiger partial charge in [0.25, 0.3) is 0 Å². The van der Waals surface area contributed by atoms with Crippen molar-refractivity contribution in [3.8, 4) is 0 Å². The molecule has 0 saturated heterocycles. The monoisotopic (exact) mass is 514 g/mol. The Bertz CT molecular complexity index is 1060. The van der Waals surface area contributed by atoms with Gasteiger partial charge in [-0.3, -0.25) is 9.59 Å². The van der Waals surface area contributed by atoms with Gasteiger partial charge in [-0.15, -0.1) is 0 Å². The van der Waals surface area contributed by atoms with E-state index in [0.717, 1.165) is 8.61 Å². The first-order chi connectivity index (χ1) is 15.5. The van der Waals surface area contributed by atoms with Crippen LogP contribution in [0.15, 0.2) is 48.5 Å². The number of halogens is 2. The number of amides is 2. The van der Waals surface area contributed by atoms with Gasteiger partial charge in [0, 0.05) is 42.8 Å². The zero-order valence-electron chi connectivity index (χ0n) is 19.0. The van der Waals surface area contributed by atoms with Crippen LogP contribution in [0.4, 0.5) is 5.69 Å². The van der Waals surface area contributed by atoms with Gasteiger partial charge < -0.3 is 10.2 Å². The van der Waals surface area contributed by atoms with Crippen LogP contribution in [-0.2, 0) is 26.3 Å². The summed E-state index contributed by atoms with van der Waals surface area (Å²) in [6.07, 6.45) is 0. The molecule has 0 unspecified atom stereocenters. The lowest BCUT2D eigenvalue weighted by molar-refractivity contribution is -0.139. The van der Waals surface area contributed by atoms with Crippen molar-refractivity contribution in [2.24, 2.45) is 0 Å². The fourth-order valence-electron chi connectivity index (χ4n) is 3.07. The van der Waals surface area contributed by atoms with Crippen molar-refractivity contribution in [1.29, 1.82) is 0 Å². The average molecular weight is 515 g/mol. The number of likely N-dealkylation sites (N-methyl/N-ethyl adjacent to an activating group) is 1. The maximum atomic E-state index is 13.5. The first-order valence-corrected chi connectivity index (χ1v) is 12.4. The fourth-order valence-corrected chi connectivity index (χ4v) is 4.64. The van der Waals surface area contributed by atoms with Crippen LogP contribution in [0, 0.1) is 0 Å². The van der Waals surface area contributed by atoms with E-state index in [1.807, 2.05) is 0 Å². The second-order valence-electron chi connectivity index (χ2n) is 7.42. The Balaban J connectivity index is 2.48. The number of benzene rings is 2. The molecular weight excluding hydrogens is 487 g/mol. The number of anilines is 1. The number of nitrogens with zero attached hydrogens (tertiary/aromatic N) is 3. The van der Waals surface area contributed by atoms with Gasteiger partial charge in [0.15, 0.2) is 0 Å². The van der Waals surface area contributed by atoms with Crippen LogP contribution >= 0.6 is 23.2 Å². The van der Waals surface area contributed by atoms with Gasteiger partial charge in [0.05, 0.1) is 5.69 Å². The Hall–Kier alpha value is -2.33. The minimum Gasteiger partial charge on any atom is -0.355 e. The number of hydrogen-bond donors (Lipinski definition) is 1. The highest BCUT2D eigenvalue weighted by atomic mass is 35.5. The predicted molar refractivity (Wildman–Crippen MR) is 132 cm³/mol. The van der Waals surface area contributed by atoms with Gasteiger partial charge in [-0.25, -0.2) is 4.31 Å². The lowest BCUT2D eigenvalue weighted by Gasteiger charge is -2.33. The molecule has 2 aromatic rings. The van der Waals surface area contributed by atoms with Gasteiger partial charge >= 0.3 is 10.2 Å². The number of carbonyl (C=O) groups is 2. The lowest BCUT2D eigenvalue weighted by atomic mass is 10.1. The molecule has 1 atom stereocenters. The van der Waals surface area contributed by atoms with E-state index in [4.69, 9.17) is 23.2 Å². The molecule has 1 N–H and O–H groups in total. The number of para-hydroxylation sites is 1. The summed E-state index contributed by atoms with van der Waals surface area (Å²) in [5.74, 6) is -0.963. The van der Waals surface area contributed by atoms with E-state index in [2.05, 4.69) is 5.32 Å². The van der Waals surface area contributed by atoms with Crippen molar-refractivity contribution in [1.82, 2.24) is 14.5 Å². The summed E-state index contributed by atoms with van der Waals surface area (Å²) in [6, 6.07) is 12.3. The fraction of sp³-hybridized carbons (Fsp3) is 0.364. The molecule has 0 bridgehead atoms. The van der Waals surface area contributed by atoms with Crippen LogP contribution in [0.2, 0.25) is 10.0 Å². The quantitative estimate of drug-likeness (QED) is 0.527. The first-order valence-electron chi connectivity index (χ1n) is 10.3. The third kappa shape index (κ3) is 6.60. The Morgan fingerprint density at radius 1 is 1.00 bits per heavy atom. The molecule has 0 aliphatic rings. The molecular formula is C22H28Cl2N4O4S. The summed E-state index contributed by atoms with van der Waals surface area (Å²) >= 11 is 12.6. The summed E-state index contributed by atoms with van der Waals surface area (Å²) < 4.78 is 28.1. The smallest absolute Gasteiger partial charge is 0.304 e. The van der Waals surface area contributed by atoms with Gasteiger partial charge in [-0.1, -0.05) is 47.5 Å². The van der Waals surface area contributed by atoms with E-state index in [-0.39, 0.29) is 12.5 Å². The van der Waals surface area contributed by atoms with E-state index in [1.54, 1.807) is 62.4 Å². The second-order valence-corrected chi connectivity index (χ2v) is 10.3. The number of nitrogens with one attached hydrogen (secondary N) is 1. The third-order valence-electron chi connectivity index (χ3n) is 4.97. The zero-order valence-corrected chi connectivity index (χ0v) is 21.3. The van der Waals surface area contributed by atoms with Crippen molar-refractivity contribution in [3.63, 3.8) is 0 Å². The van der Waals surface area contributed by atoms with Crippen LogP contribution < -0.4 is 9.62 Å². The van der Waals surface area contributed by atoms with E-state index in [0.29, 0.717) is 27.8 Å². The first kappa shape index (κ1) is 26.9. The summed E-state index contributed by atoms with van der Waals surface area (Å²) in [5.41, 5.74) is 0.785. The highest BCUT2D eigenvalue weighted by molar-refractivity contribution is 7.90. The van der Waals surface area contributed by atoms with E-state index in [9.17, 15) is 18.0 Å². The Morgan fingerprint density at radius 2 is 1.58 bits per heavy atom. The van der Waals surface area contributed by atoms with E-state index < -0.39 is 28.7 Å². The van der Waals surface area contributed by atoms with Crippen molar-refractivity contribution < 1.29 is 18.0 Å². The molecule has 11 heteroatoms. The third-order valence-corrected chi connectivity index (χ3v) is 7.50. The van der Waals surface area contributed by atoms with Crippen LogP contribution in [0.5, 0.6) is 0 Å². The highest BCUT2D eigenvalue weighted by Crippen LogP contribution is 2.27. The molecule has 8 nitrogen and oxygen atoms in total. The largest absolute Gasteiger partial charge is 0.355 e. The number of rotatable bonds is 10. The normalized spacial score (nSPS) is 12.3. The van der Waals surface area contributed by atoms with Gasteiger partial charge in [0.1, 0.15) is 12.6 Å². The molecule has 0 saturated carbocycles. The van der Waals surface area contributed by atoms with E-state index >= 15 is 0 Å². The van der Waals surface area contributed by atoms with Crippen LogP contribution in [0.1, 0.15) is 19.4 Å². The van der Waals surface area contributed by atoms with Crippen molar-refractivity contribution >= 4 is 50.9 Å². The molecule has 0 fully saturated rings. The predicted octanol–water partition coefficient (Wildman–Crippen LogP) is 3.16. The summed E-state index contributed by atoms with van der Waals surface area (Å²) in [7, 11) is -1.23. The highest BCUT2D eigenvalue weighted by Gasteiger charge is 2.33. The van der Waals surface area contributed by atoms with Gasteiger partial charge in [0.2, 0.25) is 11.8 Å². The van der Waals surface area contributed by atoms with Crippen molar-refractivity contribution in [3.05, 3.63) is 64.1 Å². The molecule has 0 aliphatic carbocycles. The minimum atomic E-state index is -4.00. The van der Waals surface area contributed by atoms with Crippen LogP contribution in [-0.4, -0.2) is 62.7 Å². The van der Waals surface area contributed by atoms with E-state index in [1.165, 1.54) is 19.0 Å². The molecule has 180 valence electrons. The summed E-state index contributed by atoms with van der Waals surface area (Å²) in [4.78, 5) is 27.4. The number of hydrogen-bond acceptors (Lipinski definition) is 4. The molecule has 33 heavy (non-hydrogen) atoms. The van der Waals surface area contributed by atoms with Crippen LogP contribution in [0.25, 0.3) is 0 Å². The average Bonchev–Trinajstić information content (AvgIpc) is 2.77. The maximum Gasteiger partial charge on any atom is 0.304 e. The standard InChI is InChI=1S/C22H28Cl2N4O4S/c1-5-25-22(30)16(2)27(14-18-19(23)12-9-13-20(18)24)21(29)15-28(33(31,32)26(3)4)17-10-7-6-8-11-17/h6-13,16H,5,14-15H2,1-4H3,(H,25,30)/t16-/m1/s1. The molecule has 2 aromatic carbocycles. The Morgan fingerprint density at radius 3 is 2.09 bits per heavy atom. The Kier molecular flexibility index (Phi) is 9.54. The topological polar surface area (TPSA) is 90.0 Å². The second kappa shape index (κ2) is 11.7. The zero-order chi connectivity index (χ0) is 24.8. The number of carbonyl (C=O) groups excluding carboxylic acids is 2. The lowest BCUT2D eigenvalue weighted by Crippen LogP contribution is -2.52. The van der Waals surface area contributed by atoms with Crippen molar-refractivity contribution in [2.45, 2.75) is 26.4 Å². The molecule has 2 amide bonds. The summed E-state index contributed by atoms with van der Waals surface area (Å²) in [5, 5.41) is 3.36. The van der Waals surface area contributed by atoms with Gasteiger partial charge in [-0.05, 0) is 38.1 Å². The molecule has 0 heterocycles. The van der Waals surface area contributed by atoms with Gasteiger partial charge in [-0.2, -0.15) is 12.7 Å². The van der Waals surface area contributed by atoms with Crippen molar-refractivity contribution in [2.75, 3.05) is 31.5 Å². The molecule has 0 aliphatic heterocycles. The molecule has 0 aromatic heterocycles. The molecule has 2 rings (SSSR count). The SMILES string of the molecule is CCNC(=O)[C@@H](C)N(Cc1c(Cl)cccc1Cl)C(=O)CN(c1ccccc1)S(=O)(=O)N(C)C.